The van der Waals surface area contributed by atoms with Gasteiger partial charge in [-0.1, -0.05) is 12.1 Å². The number of rotatable bonds is 4. The number of benzene rings is 1. The third-order valence-corrected chi connectivity index (χ3v) is 2.95. The molecule has 1 aromatic rings. The SMILES string of the molecule is CC(C)NC(=O)/C(C#N)=C/c1ccc(SC(F)(F)F)cc1. The molecule has 0 unspecified atom stereocenters. The molecule has 0 saturated heterocycles. The van der Waals surface area contributed by atoms with E-state index < -0.39 is 11.4 Å². The maximum absolute atomic E-state index is 12.2. The molecule has 0 atom stereocenters. The fraction of sp³-hybridized carbons (Fsp3) is 0.286. The van der Waals surface area contributed by atoms with Crippen LogP contribution in [0, 0.1) is 11.3 Å². The van der Waals surface area contributed by atoms with Gasteiger partial charge in [-0.2, -0.15) is 18.4 Å². The smallest absolute Gasteiger partial charge is 0.349 e. The molecule has 0 aliphatic rings. The van der Waals surface area contributed by atoms with Crippen molar-refractivity contribution < 1.29 is 18.0 Å². The van der Waals surface area contributed by atoms with E-state index in [1.165, 1.54) is 30.3 Å². The van der Waals surface area contributed by atoms with Crippen LogP contribution < -0.4 is 5.32 Å². The number of hydrogen-bond donors (Lipinski definition) is 1. The van der Waals surface area contributed by atoms with Crippen molar-refractivity contribution in [2.24, 2.45) is 0 Å². The molecule has 7 heteroatoms. The van der Waals surface area contributed by atoms with Crippen LogP contribution in [0.15, 0.2) is 34.7 Å². The van der Waals surface area contributed by atoms with Crippen molar-refractivity contribution >= 4 is 23.7 Å². The molecule has 1 rings (SSSR count). The van der Waals surface area contributed by atoms with Crippen LogP contribution >= 0.6 is 11.8 Å². The number of nitriles is 1. The predicted molar refractivity (Wildman–Crippen MR) is 75.2 cm³/mol. The second-order valence-electron chi connectivity index (χ2n) is 4.41. The minimum absolute atomic E-state index is 0.0461. The van der Waals surface area contributed by atoms with Crippen LogP contribution in [0.2, 0.25) is 0 Å². The van der Waals surface area contributed by atoms with E-state index in [2.05, 4.69) is 5.32 Å². The summed E-state index contributed by atoms with van der Waals surface area (Å²) < 4.78 is 36.6. The summed E-state index contributed by atoms with van der Waals surface area (Å²) in [5.74, 6) is -0.513. The first-order chi connectivity index (χ1) is 9.71. The third kappa shape index (κ3) is 6.36. The van der Waals surface area contributed by atoms with Gasteiger partial charge >= 0.3 is 5.51 Å². The molecule has 1 N–H and O–H groups in total. The minimum atomic E-state index is -4.34. The first-order valence-corrected chi connectivity index (χ1v) is 6.81. The third-order valence-electron chi connectivity index (χ3n) is 2.21. The van der Waals surface area contributed by atoms with E-state index in [9.17, 15) is 18.0 Å². The number of carbonyl (C=O) groups excluding carboxylic acids is 1. The van der Waals surface area contributed by atoms with Crippen LogP contribution in [0.5, 0.6) is 0 Å². The first kappa shape index (κ1) is 17.1. The summed E-state index contributed by atoms with van der Waals surface area (Å²) in [7, 11) is 0. The summed E-state index contributed by atoms with van der Waals surface area (Å²) >= 11 is -0.216. The Morgan fingerprint density at radius 1 is 1.33 bits per heavy atom. The van der Waals surface area contributed by atoms with E-state index in [4.69, 9.17) is 5.26 Å². The maximum atomic E-state index is 12.2. The van der Waals surface area contributed by atoms with Gasteiger partial charge in [-0.3, -0.25) is 4.79 Å². The van der Waals surface area contributed by atoms with Crippen molar-refractivity contribution in [1.29, 1.82) is 5.26 Å². The lowest BCUT2D eigenvalue weighted by molar-refractivity contribution is -0.117. The zero-order valence-corrected chi connectivity index (χ0v) is 12.2. The molecule has 0 heterocycles. The van der Waals surface area contributed by atoms with Gasteiger partial charge in [-0.25, -0.2) is 0 Å². The van der Waals surface area contributed by atoms with Gasteiger partial charge in [0.25, 0.3) is 5.91 Å². The molecule has 0 aromatic heterocycles. The fourth-order valence-electron chi connectivity index (χ4n) is 1.42. The standard InChI is InChI=1S/C14H13F3N2OS/c1-9(2)19-13(20)11(8-18)7-10-3-5-12(6-4-10)21-14(15,16)17/h3-7,9H,1-2H3,(H,19,20)/b11-7+. The summed E-state index contributed by atoms with van der Waals surface area (Å²) in [5, 5.41) is 11.5. The lowest BCUT2D eigenvalue weighted by Gasteiger charge is -2.07. The summed E-state index contributed by atoms with van der Waals surface area (Å²) in [6.07, 6.45) is 1.33. The predicted octanol–water partition coefficient (Wildman–Crippen LogP) is 3.73. The van der Waals surface area contributed by atoms with Gasteiger partial charge < -0.3 is 5.32 Å². The fourth-order valence-corrected chi connectivity index (χ4v) is 1.96. The highest BCUT2D eigenvalue weighted by atomic mass is 32.2. The molecule has 0 saturated carbocycles. The van der Waals surface area contributed by atoms with Crippen molar-refractivity contribution in [2.45, 2.75) is 30.3 Å². The minimum Gasteiger partial charge on any atom is -0.349 e. The Balaban J connectivity index is 2.88. The van der Waals surface area contributed by atoms with E-state index >= 15 is 0 Å². The lowest BCUT2D eigenvalue weighted by Crippen LogP contribution is -2.30. The van der Waals surface area contributed by atoms with Crippen molar-refractivity contribution in [3.63, 3.8) is 0 Å². The van der Waals surface area contributed by atoms with Crippen molar-refractivity contribution in [3.8, 4) is 6.07 Å². The molecule has 112 valence electrons. The zero-order chi connectivity index (χ0) is 16.0. The molecule has 21 heavy (non-hydrogen) atoms. The van der Waals surface area contributed by atoms with Crippen molar-refractivity contribution in [3.05, 3.63) is 35.4 Å². The number of thioether (sulfide) groups is 1. The Morgan fingerprint density at radius 2 is 1.90 bits per heavy atom. The number of nitrogens with zero attached hydrogens (tertiary/aromatic N) is 1. The number of carbonyl (C=O) groups is 1. The zero-order valence-electron chi connectivity index (χ0n) is 11.4. The molecular weight excluding hydrogens is 301 g/mol. The van der Waals surface area contributed by atoms with Gasteiger partial charge in [0.15, 0.2) is 0 Å². The van der Waals surface area contributed by atoms with Gasteiger partial charge in [0.05, 0.1) is 0 Å². The van der Waals surface area contributed by atoms with E-state index in [1.807, 2.05) is 0 Å². The normalized spacial score (nSPS) is 12.1. The van der Waals surface area contributed by atoms with Gasteiger partial charge in [-0.15, -0.1) is 0 Å². The highest BCUT2D eigenvalue weighted by molar-refractivity contribution is 8.00. The largest absolute Gasteiger partial charge is 0.446 e. The topological polar surface area (TPSA) is 52.9 Å². The average Bonchev–Trinajstić information content (AvgIpc) is 2.35. The molecule has 1 amide bonds. The van der Waals surface area contributed by atoms with Crippen molar-refractivity contribution in [1.82, 2.24) is 5.32 Å². The second-order valence-corrected chi connectivity index (χ2v) is 5.55. The molecule has 0 aliphatic heterocycles. The van der Waals surface area contributed by atoms with E-state index in [-0.39, 0.29) is 28.3 Å². The average molecular weight is 314 g/mol. The van der Waals surface area contributed by atoms with E-state index in [1.54, 1.807) is 19.9 Å². The monoisotopic (exact) mass is 314 g/mol. The highest BCUT2D eigenvalue weighted by Gasteiger charge is 2.28. The lowest BCUT2D eigenvalue weighted by atomic mass is 10.1. The van der Waals surface area contributed by atoms with Crippen LogP contribution in [0.25, 0.3) is 6.08 Å². The number of hydrogen-bond acceptors (Lipinski definition) is 3. The summed E-state index contributed by atoms with van der Waals surface area (Å²) in [6.45, 7) is 3.52. The Morgan fingerprint density at radius 3 is 2.33 bits per heavy atom. The molecule has 0 fully saturated rings. The Bertz CT molecular complexity index is 571. The number of nitrogens with one attached hydrogen (secondary N) is 1. The van der Waals surface area contributed by atoms with Crippen LogP contribution in [0.1, 0.15) is 19.4 Å². The van der Waals surface area contributed by atoms with Crippen molar-refractivity contribution in [2.75, 3.05) is 0 Å². The highest BCUT2D eigenvalue weighted by Crippen LogP contribution is 2.36. The van der Waals surface area contributed by atoms with Gasteiger partial charge in [0, 0.05) is 10.9 Å². The number of alkyl halides is 3. The van der Waals surface area contributed by atoms with Crippen LogP contribution in [0.3, 0.4) is 0 Å². The molecule has 0 bridgehead atoms. The van der Waals surface area contributed by atoms with E-state index in [0.717, 1.165) is 0 Å². The number of amides is 1. The molecule has 3 nitrogen and oxygen atoms in total. The molecule has 1 aromatic carbocycles. The van der Waals surface area contributed by atoms with Crippen LogP contribution in [0.4, 0.5) is 13.2 Å². The van der Waals surface area contributed by atoms with Gasteiger partial charge in [0.2, 0.25) is 0 Å². The van der Waals surface area contributed by atoms with Gasteiger partial charge in [0.1, 0.15) is 11.6 Å². The van der Waals surface area contributed by atoms with E-state index in [0.29, 0.717) is 5.56 Å². The second kappa shape index (κ2) is 7.18. The van der Waals surface area contributed by atoms with Crippen LogP contribution in [-0.4, -0.2) is 17.5 Å². The Labute approximate surface area is 124 Å². The molecule has 0 spiro atoms. The molecule has 0 aliphatic carbocycles. The van der Waals surface area contributed by atoms with Crippen LogP contribution in [-0.2, 0) is 4.79 Å². The molecular formula is C14H13F3N2OS. The quantitative estimate of drug-likeness (QED) is 0.523. The summed E-state index contributed by atoms with van der Waals surface area (Å²) in [4.78, 5) is 11.7. The first-order valence-electron chi connectivity index (χ1n) is 6.00. The number of halogens is 3. The Kier molecular flexibility index (Phi) is 5.85. The van der Waals surface area contributed by atoms with Gasteiger partial charge in [-0.05, 0) is 49.4 Å². The summed E-state index contributed by atoms with van der Waals surface area (Å²) in [5.41, 5.74) is -3.95. The maximum Gasteiger partial charge on any atom is 0.446 e. The Hall–Kier alpha value is -1.94. The molecule has 0 radical (unpaired) electrons. The summed E-state index contributed by atoms with van der Waals surface area (Å²) in [6, 6.07) is 7.09.